The van der Waals surface area contributed by atoms with Gasteiger partial charge in [0.1, 0.15) is 0 Å². The summed E-state index contributed by atoms with van der Waals surface area (Å²) in [7, 11) is -0.833. The Bertz CT molecular complexity index is 17.1. The summed E-state index contributed by atoms with van der Waals surface area (Å²) in [5.41, 5.74) is 2.12. The van der Waals surface area contributed by atoms with Crippen molar-refractivity contribution in [3.63, 3.8) is 0 Å². The molecule has 0 spiro atoms. The monoisotopic (exact) mass is 143 g/mol. The van der Waals surface area contributed by atoms with Gasteiger partial charge in [-0.05, 0) is 0 Å². The standard InChI is InChI=1S/CH3.HO2P.Zn/c;1-3-2;/h1H3;(H,1,2);. The molecule has 0 aromatic carbocycles. The van der Waals surface area contributed by atoms with Gasteiger partial charge in [0.2, 0.25) is 0 Å². The van der Waals surface area contributed by atoms with Crippen LogP contribution in [0.25, 0.3) is 0 Å². The SMILES string of the molecule is O=PO.[CH3][Zn]. The minimum atomic E-state index is -0.833. The van der Waals surface area contributed by atoms with Crippen molar-refractivity contribution in [2.45, 2.75) is 5.52 Å². The minimum absolute atomic E-state index is 0.833. The Kier molecular flexibility index (Phi) is 41.2. The predicted octanol–water partition coefficient (Wildman–Crippen LogP) is 0.767. The van der Waals surface area contributed by atoms with E-state index in [0.717, 1.165) is 0 Å². The Hall–Kier alpha value is 0.683. The van der Waals surface area contributed by atoms with Crippen LogP contribution >= 0.6 is 8.69 Å². The van der Waals surface area contributed by atoms with Gasteiger partial charge in [-0.1, -0.05) is 0 Å². The molecule has 0 aliphatic heterocycles. The van der Waals surface area contributed by atoms with E-state index in [4.69, 9.17) is 9.46 Å². The summed E-state index contributed by atoms with van der Waals surface area (Å²) >= 11 is 1.38. The summed E-state index contributed by atoms with van der Waals surface area (Å²) in [5.74, 6) is 0. The van der Waals surface area contributed by atoms with Crippen molar-refractivity contribution in [3.8, 4) is 0 Å². The fourth-order valence-electron chi connectivity index (χ4n) is 0. The summed E-state index contributed by atoms with van der Waals surface area (Å²) in [4.78, 5) is 6.99. The van der Waals surface area contributed by atoms with Crippen LogP contribution in [-0.4, -0.2) is 4.89 Å². The second kappa shape index (κ2) is 22.4. The second-order valence-electron chi connectivity index (χ2n) is 0.0816. The Balaban J connectivity index is 0. The Morgan fingerprint density at radius 3 is 1.80 bits per heavy atom. The van der Waals surface area contributed by atoms with Crippen LogP contribution in [0.2, 0.25) is 5.52 Å². The average Bonchev–Trinajstić information content (AvgIpc) is 1.46. The molecule has 0 fully saturated rings. The first-order valence-electron chi connectivity index (χ1n) is 1.09. The summed E-state index contributed by atoms with van der Waals surface area (Å²) in [6, 6.07) is 0. The molecule has 0 saturated carbocycles. The van der Waals surface area contributed by atoms with Crippen LogP contribution in [0, 0.1) is 0 Å². The van der Waals surface area contributed by atoms with E-state index in [0.29, 0.717) is 0 Å². The van der Waals surface area contributed by atoms with Crippen LogP contribution in [0.1, 0.15) is 0 Å². The van der Waals surface area contributed by atoms with Crippen molar-refractivity contribution in [2.75, 3.05) is 0 Å². The van der Waals surface area contributed by atoms with Crippen LogP contribution in [0.3, 0.4) is 0 Å². The van der Waals surface area contributed by atoms with E-state index in [2.05, 4.69) is 5.52 Å². The fraction of sp³-hybridized carbons (Fsp3) is 1.00. The summed E-state index contributed by atoms with van der Waals surface area (Å²) in [6.45, 7) is 0. The van der Waals surface area contributed by atoms with Crippen LogP contribution < -0.4 is 0 Å². The topological polar surface area (TPSA) is 37.3 Å². The molecule has 4 heteroatoms. The molecule has 0 unspecified atom stereocenters. The quantitative estimate of drug-likeness (QED) is 0.403. The molecule has 0 heterocycles. The molecule has 0 radical (unpaired) electrons. The van der Waals surface area contributed by atoms with Crippen molar-refractivity contribution < 1.29 is 27.8 Å². The van der Waals surface area contributed by atoms with Gasteiger partial charge in [-0.2, -0.15) is 0 Å². The molecule has 5 heavy (non-hydrogen) atoms. The van der Waals surface area contributed by atoms with Crippen molar-refractivity contribution >= 4 is 8.69 Å². The van der Waals surface area contributed by atoms with Gasteiger partial charge in [0.15, 0.2) is 0 Å². The van der Waals surface area contributed by atoms with Gasteiger partial charge in [0, 0.05) is 0 Å². The first-order chi connectivity index (χ1) is 2.41. The summed E-state index contributed by atoms with van der Waals surface area (Å²) in [5, 5.41) is 0. The third-order valence-corrected chi connectivity index (χ3v) is 0. The van der Waals surface area contributed by atoms with Crippen molar-refractivity contribution in [2.24, 2.45) is 0 Å². The van der Waals surface area contributed by atoms with E-state index < -0.39 is 8.69 Å². The summed E-state index contributed by atoms with van der Waals surface area (Å²) < 4.78 is 8.46. The molecular weight excluding hydrogens is 140 g/mol. The number of hydrogen-bond donors (Lipinski definition) is 1. The third-order valence-electron chi connectivity index (χ3n) is 0. The molecular formula is CH4O2PZn. The van der Waals surface area contributed by atoms with Gasteiger partial charge >= 0.3 is 32.5 Å². The molecule has 1 N–H and O–H groups in total. The van der Waals surface area contributed by atoms with Gasteiger partial charge in [0.25, 0.3) is 0 Å². The van der Waals surface area contributed by atoms with E-state index in [9.17, 15) is 0 Å². The molecule has 0 aromatic rings. The second-order valence-corrected chi connectivity index (χ2v) is 0.245. The molecule has 0 bridgehead atoms. The zero-order valence-corrected chi connectivity index (χ0v) is 6.87. The van der Waals surface area contributed by atoms with Crippen molar-refractivity contribution in [1.29, 1.82) is 0 Å². The molecule has 0 rings (SSSR count). The van der Waals surface area contributed by atoms with Crippen LogP contribution in [0.5, 0.6) is 0 Å². The maximum atomic E-state index is 8.46. The van der Waals surface area contributed by atoms with Crippen LogP contribution in [0.4, 0.5) is 0 Å². The number of hydrogen-bond acceptors (Lipinski definition) is 1. The Morgan fingerprint density at radius 1 is 1.80 bits per heavy atom. The molecule has 0 saturated heterocycles. The van der Waals surface area contributed by atoms with E-state index in [1.165, 1.54) is 18.3 Å². The first kappa shape index (κ1) is 9.19. The zero-order chi connectivity index (χ0) is 4.71. The average molecular weight is 144 g/mol. The van der Waals surface area contributed by atoms with Gasteiger partial charge in [-0.25, -0.2) is 4.57 Å². The van der Waals surface area contributed by atoms with Crippen LogP contribution in [-0.2, 0) is 22.9 Å². The van der Waals surface area contributed by atoms with E-state index in [-0.39, 0.29) is 0 Å². The maximum absolute atomic E-state index is 8.46. The molecule has 0 amide bonds. The first-order valence-corrected chi connectivity index (χ1v) is 4.82. The Morgan fingerprint density at radius 2 is 1.80 bits per heavy atom. The zero-order valence-electron chi connectivity index (χ0n) is 3.01. The van der Waals surface area contributed by atoms with Gasteiger partial charge < -0.3 is 4.89 Å². The molecule has 27 valence electrons. The van der Waals surface area contributed by atoms with E-state index >= 15 is 0 Å². The molecule has 0 aromatic heterocycles. The van der Waals surface area contributed by atoms with Gasteiger partial charge in [-0.3, -0.25) is 0 Å². The molecule has 0 aliphatic rings. The number of rotatable bonds is 0. The molecule has 2 nitrogen and oxygen atoms in total. The van der Waals surface area contributed by atoms with Gasteiger partial charge in [-0.15, -0.1) is 0 Å². The Labute approximate surface area is 42.5 Å². The third kappa shape index (κ3) is 72.2. The normalized spacial score (nSPS) is 5.60. The van der Waals surface area contributed by atoms with Crippen LogP contribution in [0.15, 0.2) is 0 Å². The predicted molar refractivity (Wildman–Crippen MR) is 15.7 cm³/mol. The van der Waals surface area contributed by atoms with Crippen molar-refractivity contribution in [1.82, 2.24) is 0 Å². The van der Waals surface area contributed by atoms with Gasteiger partial charge in [0.05, 0.1) is 0 Å². The summed E-state index contributed by atoms with van der Waals surface area (Å²) in [6.07, 6.45) is 0. The van der Waals surface area contributed by atoms with E-state index in [1.807, 2.05) is 0 Å². The molecule has 0 aliphatic carbocycles. The van der Waals surface area contributed by atoms with Crippen molar-refractivity contribution in [3.05, 3.63) is 0 Å². The fourth-order valence-corrected chi connectivity index (χ4v) is 0. The van der Waals surface area contributed by atoms with E-state index in [1.54, 1.807) is 0 Å². The molecule has 0 atom stereocenters.